The third-order valence-corrected chi connectivity index (χ3v) is 5.70. The Hall–Kier alpha value is -1.02. The van der Waals surface area contributed by atoms with Crippen molar-refractivity contribution in [2.75, 3.05) is 13.1 Å². The molecule has 2 aliphatic rings. The number of nitrogens with one attached hydrogen (secondary N) is 1. The molecule has 5 nitrogen and oxygen atoms in total. The van der Waals surface area contributed by atoms with Gasteiger partial charge in [-0.2, -0.15) is 0 Å². The Bertz CT molecular complexity index is 631. The second-order valence-corrected chi connectivity index (χ2v) is 7.43. The molecule has 0 spiro atoms. The largest absolute Gasteiger partial charge is 0.392 e. The summed E-state index contributed by atoms with van der Waals surface area (Å²) in [6, 6.07) is 3.87. The number of aliphatic hydroxyl groups is 1. The normalized spacial score (nSPS) is 23.6. The zero-order valence-corrected chi connectivity index (χ0v) is 12.4. The smallest absolute Gasteiger partial charge is 0.241 e. The predicted molar refractivity (Wildman–Crippen MR) is 75.6 cm³/mol. The van der Waals surface area contributed by atoms with Gasteiger partial charge in [0, 0.05) is 25.2 Å². The fraction of sp³-hybridized carbons (Fsp3) is 0.571. The van der Waals surface area contributed by atoms with E-state index in [4.69, 9.17) is 0 Å². The number of nitrogens with zero attached hydrogens (tertiary/aromatic N) is 1. The maximum absolute atomic E-state index is 13.3. The van der Waals surface area contributed by atoms with E-state index in [1.165, 1.54) is 18.9 Å². The quantitative estimate of drug-likeness (QED) is 0.845. The number of aliphatic hydroxyl groups excluding tert-OH is 1. The van der Waals surface area contributed by atoms with Gasteiger partial charge in [-0.05, 0) is 37.0 Å². The third-order valence-electron chi connectivity index (χ3n) is 4.09. The molecule has 0 bridgehead atoms. The number of rotatable bonds is 5. The monoisotopic (exact) mass is 314 g/mol. The van der Waals surface area contributed by atoms with Crippen LogP contribution < -0.4 is 4.72 Å². The van der Waals surface area contributed by atoms with Gasteiger partial charge in [-0.1, -0.05) is 6.07 Å². The summed E-state index contributed by atoms with van der Waals surface area (Å²) in [6.45, 7) is 1.16. The molecular weight excluding hydrogens is 295 g/mol. The SMILES string of the molecule is O=S(=O)(NC1CCN(C2CC2)C1)c1cc(F)ccc1CO. The molecule has 1 aromatic carbocycles. The third kappa shape index (κ3) is 3.26. The van der Waals surface area contributed by atoms with Crippen LogP contribution in [0, 0.1) is 5.82 Å². The van der Waals surface area contributed by atoms with Crippen LogP contribution >= 0.6 is 0 Å². The molecule has 0 radical (unpaired) electrons. The second kappa shape index (κ2) is 5.64. The molecule has 1 atom stereocenters. The Labute approximate surface area is 123 Å². The summed E-state index contributed by atoms with van der Waals surface area (Å²) in [5.41, 5.74) is 0.209. The summed E-state index contributed by atoms with van der Waals surface area (Å²) in [7, 11) is -3.81. The Morgan fingerprint density at radius 2 is 2.10 bits per heavy atom. The van der Waals surface area contributed by atoms with Crippen LogP contribution in [0.1, 0.15) is 24.8 Å². The van der Waals surface area contributed by atoms with E-state index in [0.29, 0.717) is 12.6 Å². The van der Waals surface area contributed by atoms with Crippen molar-refractivity contribution in [3.8, 4) is 0 Å². The second-order valence-electron chi connectivity index (χ2n) is 5.74. The van der Waals surface area contributed by atoms with Crippen molar-refractivity contribution < 1.29 is 17.9 Å². The van der Waals surface area contributed by atoms with E-state index in [1.807, 2.05) is 0 Å². The maximum Gasteiger partial charge on any atom is 0.241 e. The molecule has 1 aliphatic carbocycles. The molecule has 0 aromatic heterocycles. The molecule has 3 rings (SSSR count). The number of benzene rings is 1. The Balaban J connectivity index is 1.76. The lowest BCUT2D eigenvalue weighted by atomic mass is 10.2. The van der Waals surface area contributed by atoms with E-state index in [-0.39, 0.29) is 16.5 Å². The van der Waals surface area contributed by atoms with Crippen molar-refractivity contribution in [1.82, 2.24) is 9.62 Å². The van der Waals surface area contributed by atoms with Gasteiger partial charge in [-0.15, -0.1) is 0 Å². The summed E-state index contributed by atoms with van der Waals surface area (Å²) >= 11 is 0. The minimum atomic E-state index is -3.81. The van der Waals surface area contributed by atoms with Crippen molar-refractivity contribution in [3.05, 3.63) is 29.6 Å². The van der Waals surface area contributed by atoms with Gasteiger partial charge in [0.05, 0.1) is 11.5 Å². The molecule has 1 heterocycles. The van der Waals surface area contributed by atoms with Crippen LogP contribution in [-0.4, -0.2) is 43.6 Å². The molecule has 21 heavy (non-hydrogen) atoms. The molecule has 1 unspecified atom stereocenters. The summed E-state index contributed by atoms with van der Waals surface area (Å²) in [4.78, 5) is 2.13. The van der Waals surface area contributed by atoms with E-state index in [1.54, 1.807) is 0 Å². The number of likely N-dealkylation sites (tertiary alicyclic amines) is 1. The van der Waals surface area contributed by atoms with Gasteiger partial charge in [0.2, 0.25) is 10.0 Å². The Morgan fingerprint density at radius 1 is 1.33 bits per heavy atom. The Morgan fingerprint density at radius 3 is 2.76 bits per heavy atom. The van der Waals surface area contributed by atoms with Gasteiger partial charge in [-0.3, -0.25) is 4.90 Å². The van der Waals surface area contributed by atoms with E-state index >= 15 is 0 Å². The van der Waals surface area contributed by atoms with E-state index in [0.717, 1.165) is 25.1 Å². The first-order valence-electron chi connectivity index (χ1n) is 7.15. The standard InChI is InChI=1S/C14H19FN2O3S/c15-11-2-1-10(9-18)14(7-11)21(19,20)16-12-5-6-17(8-12)13-3-4-13/h1-2,7,12-13,16,18H,3-6,8-9H2. The summed E-state index contributed by atoms with van der Waals surface area (Å²) < 4.78 is 40.8. The lowest BCUT2D eigenvalue weighted by Crippen LogP contribution is -2.37. The van der Waals surface area contributed by atoms with Crippen LogP contribution in [0.2, 0.25) is 0 Å². The van der Waals surface area contributed by atoms with Crippen LogP contribution in [-0.2, 0) is 16.6 Å². The average Bonchev–Trinajstić information content (AvgIpc) is 3.20. The van der Waals surface area contributed by atoms with Crippen LogP contribution in [0.25, 0.3) is 0 Å². The highest BCUT2D eigenvalue weighted by atomic mass is 32.2. The fourth-order valence-electron chi connectivity index (χ4n) is 2.85. The lowest BCUT2D eigenvalue weighted by Gasteiger charge is -2.17. The van der Waals surface area contributed by atoms with Crippen LogP contribution in [0.3, 0.4) is 0 Å². The number of hydrogen-bond donors (Lipinski definition) is 2. The fourth-order valence-corrected chi connectivity index (χ4v) is 4.35. The number of sulfonamides is 1. The first-order chi connectivity index (χ1) is 9.99. The molecule has 0 amide bonds. The molecule has 1 aliphatic heterocycles. The van der Waals surface area contributed by atoms with E-state index in [2.05, 4.69) is 9.62 Å². The number of hydrogen-bond acceptors (Lipinski definition) is 4. The minimum Gasteiger partial charge on any atom is -0.392 e. The highest BCUT2D eigenvalue weighted by Crippen LogP contribution is 2.30. The topological polar surface area (TPSA) is 69.6 Å². The number of halogens is 1. The predicted octanol–water partition coefficient (Wildman–Crippen LogP) is 0.833. The first kappa shape index (κ1) is 14.9. The minimum absolute atomic E-state index is 0.148. The summed E-state index contributed by atoms with van der Waals surface area (Å²) in [6.07, 6.45) is 3.15. The molecular formula is C14H19FN2O3S. The van der Waals surface area contributed by atoms with E-state index in [9.17, 15) is 17.9 Å². The highest BCUT2D eigenvalue weighted by Gasteiger charge is 2.36. The van der Waals surface area contributed by atoms with Crippen LogP contribution in [0.15, 0.2) is 23.1 Å². The molecule has 1 saturated heterocycles. The zero-order chi connectivity index (χ0) is 15.0. The maximum atomic E-state index is 13.3. The molecule has 1 saturated carbocycles. The van der Waals surface area contributed by atoms with Crippen LogP contribution in [0.4, 0.5) is 4.39 Å². The first-order valence-corrected chi connectivity index (χ1v) is 8.63. The van der Waals surface area contributed by atoms with Crippen molar-refractivity contribution in [2.24, 2.45) is 0 Å². The molecule has 1 aromatic rings. The van der Waals surface area contributed by atoms with Gasteiger partial charge in [0.1, 0.15) is 5.82 Å². The van der Waals surface area contributed by atoms with Gasteiger partial charge >= 0.3 is 0 Å². The molecule has 116 valence electrons. The van der Waals surface area contributed by atoms with Crippen molar-refractivity contribution in [1.29, 1.82) is 0 Å². The summed E-state index contributed by atoms with van der Waals surface area (Å²) in [5.74, 6) is -0.626. The molecule has 7 heteroatoms. The van der Waals surface area contributed by atoms with Gasteiger partial charge in [0.25, 0.3) is 0 Å². The zero-order valence-electron chi connectivity index (χ0n) is 11.6. The van der Waals surface area contributed by atoms with Gasteiger partial charge in [-0.25, -0.2) is 17.5 Å². The van der Waals surface area contributed by atoms with Crippen molar-refractivity contribution >= 4 is 10.0 Å². The van der Waals surface area contributed by atoms with Gasteiger partial charge in [0.15, 0.2) is 0 Å². The average molecular weight is 314 g/mol. The van der Waals surface area contributed by atoms with Gasteiger partial charge < -0.3 is 5.11 Å². The Kier molecular flexibility index (Phi) is 4.00. The summed E-state index contributed by atoms with van der Waals surface area (Å²) in [5, 5.41) is 9.23. The molecule has 2 N–H and O–H groups in total. The van der Waals surface area contributed by atoms with Crippen molar-refractivity contribution in [2.45, 2.75) is 42.8 Å². The molecule has 2 fully saturated rings. The van der Waals surface area contributed by atoms with Crippen LogP contribution in [0.5, 0.6) is 0 Å². The van der Waals surface area contributed by atoms with E-state index < -0.39 is 22.4 Å². The lowest BCUT2D eigenvalue weighted by molar-refractivity contribution is 0.278. The highest BCUT2D eigenvalue weighted by molar-refractivity contribution is 7.89. The van der Waals surface area contributed by atoms with Crippen molar-refractivity contribution in [3.63, 3.8) is 0 Å².